The third-order valence-electron chi connectivity index (χ3n) is 4.75. The van der Waals surface area contributed by atoms with Crippen molar-refractivity contribution in [3.63, 3.8) is 0 Å². The fraction of sp³-hybridized carbons (Fsp3) is 0.526. The molecule has 0 aliphatic carbocycles. The zero-order valence-electron chi connectivity index (χ0n) is 15.7. The zero-order chi connectivity index (χ0) is 19.6. The Labute approximate surface area is 157 Å². The Kier molecular flexibility index (Phi) is 5.53. The van der Waals surface area contributed by atoms with E-state index in [0.29, 0.717) is 30.4 Å². The van der Waals surface area contributed by atoms with Crippen LogP contribution in [0.5, 0.6) is 11.5 Å². The van der Waals surface area contributed by atoms with Gasteiger partial charge in [0, 0.05) is 24.7 Å². The van der Waals surface area contributed by atoms with Gasteiger partial charge >= 0.3 is 5.97 Å². The molecule has 27 heavy (non-hydrogen) atoms. The summed E-state index contributed by atoms with van der Waals surface area (Å²) < 4.78 is 15.8. The Morgan fingerprint density at radius 2 is 1.93 bits per heavy atom. The molecule has 8 nitrogen and oxygen atoms in total. The molecule has 0 spiro atoms. The summed E-state index contributed by atoms with van der Waals surface area (Å²) in [6.07, 6.45) is 0.0895. The van der Waals surface area contributed by atoms with E-state index in [4.69, 9.17) is 14.2 Å². The highest BCUT2D eigenvalue weighted by atomic mass is 16.6. The molecule has 1 aromatic carbocycles. The molecule has 2 aliphatic heterocycles. The highest BCUT2D eigenvalue weighted by molar-refractivity contribution is 6.01. The maximum atomic E-state index is 12.6. The van der Waals surface area contributed by atoms with Crippen molar-refractivity contribution in [1.82, 2.24) is 5.32 Å². The highest BCUT2D eigenvalue weighted by Crippen LogP contribution is 2.36. The normalized spacial score (nSPS) is 19.8. The van der Waals surface area contributed by atoms with Crippen LogP contribution in [0.25, 0.3) is 0 Å². The molecular weight excluding hydrogens is 352 g/mol. The average Bonchev–Trinajstić information content (AvgIpc) is 3.06. The van der Waals surface area contributed by atoms with Gasteiger partial charge in [0.1, 0.15) is 19.3 Å². The molecule has 0 bridgehead atoms. The molecule has 2 amide bonds. The van der Waals surface area contributed by atoms with Crippen molar-refractivity contribution in [1.29, 1.82) is 0 Å². The van der Waals surface area contributed by atoms with Crippen LogP contribution in [-0.2, 0) is 19.1 Å². The van der Waals surface area contributed by atoms with Crippen molar-refractivity contribution in [2.24, 2.45) is 11.8 Å². The summed E-state index contributed by atoms with van der Waals surface area (Å²) in [6.45, 7) is 4.84. The van der Waals surface area contributed by atoms with E-state index in [1.165, 1.54) is 7.11 Å². The first kappa shape index (κ1) is 19.0. The van der Waals surface area contributed by atoms with Gasteiger partial charge in [-0.3, -0.25) is 9.59 Å². The lowest BCUT2D eigenvalue weighted by Gasteiger charge is -2.23. The number of benzene rings is 1. The lowest BCUT2D eigenvalue weighted by Crippen LogP contribution is -2.47. The van der Waals surface area contributed by atoms with Crippen molar-refractivity contribution >= 4 is 23.5 Å². The molecule has 1 unspecified atom stereocenters. The van der Waals surface area contributed by atoms with Crippen LogP contribution in [-0.4, -0.2) is 50.7 Å². The summed E-state index contributed by atoms with van der Waals surface area (Å²) in [6, 6.07) is 4.55. The minimum Gasteiger partial charge on any atom is -0.486 e. The van der Waals surface area contributed by atoms with Crippen LogP contribution in [0.3, 0.4) is 0 Å². The molecule has 2 heterocycles. The molecule has 8 heteroatoms. The molecule has 146 valence electrons. The summed E-state index contributed by atoms with van der Waals surface area (Å²) in [5.74, 6) is -0.386. The lowest BCUT2D eigenvalue weighted by atomic mass is 10.0. The maximum absolute atomic E-state index is 12.6. The molecule has 0 aromatic heterocycles. The molecule has 2 atom stereocenters. The van der Waals surface area contributed by atoms with Crippen molar-refractivity contribution in [2.75, 3.05) is 31.8 Å². The van der Waals surface area contributed by atoms with Gasteiger partial charge in [0.2, 0.25) is 11.8 Å². The summed E-state index contributed by atoms with van der Waals surface area (Å²) >= 11 is 0. The van der Waals surface area contributed by atoms with E-state index in [1.54, 1.807) is 23.1 Å². The molecule has 1 fully saturated rings. The molecule has 2 aliphatic rings. The Morgan fingerprint density at radius 3 is 2.59 bits per heavy atom. The van der Waals surface area contributed by atoms with E-state index < -0.39 is 17.9 Å². The highest BCUT2D eigenvalue weighted by Gasteiger charge is 2.37. The molecule has 0 saturated carbocycles. The van der Waals surface area contributed by atoms with Gasteiger partial charge in [0.05, 0.1) is 13.0 Å². The quantitative estimate of drug-likeness (QED) is 0.774. The van der Waals surface area contributed by atoms with E-state index in [0.717, 1.165) is 0 Å². The summed E-state index contributed by atoms with van der Waals surface area (Å²) in [5.41, 5.74) is 0.660. The second-order valence-electron chi connectivity index (χ2n) is 6.99. The summed E-state index contributed by atoms with van der Waals surface area (Å²) in [4.78, 5) is 38.5. The number of esters is 1. The first-order chi connectivity index (χ1) is 12.9. The summed E-state index contributed by atoms with van der Waals surface area (Å²) in [5, 5.41) is 2.71. The number of hydrogen-bond donors (Lipinski definition) is 1. The SMILES string of the molecule is COC(=O)[C@H](NC(=O)C1CC(=O)N(c2ccc3c(c2)OCCO3)C1)C(C)C. The third-order valence-corrected chi connectivity index (χ3v) is 4.75. The van der Waals surface area contributed by atoms with Gasteiger partial charge in [-0.1, -0.05) is 13.8 Å². The number of fused-ring (bicyclic) bond motifs is 1. The Bertz CT molecular complexity index is 748. The number of amides is 2. The van der Waals surface area contributed by atoms with Gasteiger partial charge in [-0.15, -0.1) is 0 Å². The van der Waals surface area contributed by atoms with E-state index in [2.05, 4.69) is 5.32 Å². The predicted molar refractivity (Wildman–Crippen MR) is 96.7 cm³/mol. The second kappa shape index (κ2) is 7.85. The van der Waals surface area contributed by atoms with Crippen LogP contribution in [0.2, 0.25) is 0 Å². The Balaban J connectivity index is 1.69. The third kappa shape index (κ3) is 3.99. The number of rotatable bonds is 5. The average molecular weight is 376 g/mol. The second-order valence-corrected chi connectivity index (χ2v) is 6.99. The molecular formula is C19H24N2O6. The fourth-order valence-corrected chi connectivity index (χ4v) is 3.23. The maximum Gasteiger partial charge on any atom is 0.328 e. The molecule has 3 rings (SSSR count). The van der Waals surface area contributed by atoms with Gasteiger partial charge in [-0.2, -0.15) is 0 Å². The van der Waals surface area contributed by atoms with Crippen molar-refractivity contribution in [3.8, 4) is 11.5 Å². The van der Waals surface area contributed by atoms with Crippen LogP contribution < -0.4 is 19.7 Å². The van der Waals surface area contributed by atoms with Crippen molar-refractivity contribution < 1.29 is 28.6 Å². The monoisotopic (exact) mass is 376 g/mol. The van der Waals surface area contributed by atoms with E-state index >= 15 is 0 Å². The number of anilines is 1. The van der Waals surface area contributed by atoms with Crippen molar-refractivity contribution in [3.05, 3.63) is 18.2 Å². The van der Waals surface area contributed by atoms with Crippen LogP contribution in [0, 0.1) is 11.8 Å². The minimum absolute atomic E-state index is 0.0895. The minimum atomic E-state index is -0.735. The Hall–Kier alpha value is -2.77. The smallest absolute Gasteiger partial charge is 0.328 e. The lowest BCUT2D eigenvalue weighted by molar-refractivity contribution is -0.146. The molecule has 1 aromatic rings. The standard InChI is InChI=1S/C19H24N2O6/c1-11(2)17(19(24)25-3)20-18(23)12-8-16(22)21(10-12)13-4-5-14-15(9-13)27-7-6-26-14/h4-5,9,11-12,17H,6-8,10H2,1-3H3,(H,20,23)/t12?,17-/m1/s1. The molecule has 1 saturated heterocycles. The van der Waals surface area contributed by atoms with Crippen LogP contribution in [0.1, 0.15) is 20.3 Å². The number of nitrogens with zero attached hydrogens (tertiary/aromatic N) is 1. The predicted octanol–water partition coefficient (Wildman–Crippen LogP) is 1.12. The number of methoxy groups -OCH3 is 1. The number of carbonyl (C=O) groups excluding carboxylic acids is 3. The van der Waals surface area contributed by atoms with Crippen LogP contribution >= 0.6 is 0 Å². The van der Waals surface area contributed by atoms with Crippen LogP contribution in [0.4, 0.5) is 5.69 Å². The van der Waals surface area contributed by atoms with E-state index in [-0.39, 0.29) is 30.7 Å². The Morgan fingerprint density at radius 1 is 1.22 bits per heavy atom. The van der Waals surface area contributed by atoms with Gasteiger partial charge in [0.15, 0.2) is 11.5 Å². The van der Waals surface area contributed by atoms with Gasteiger partial charge in [-0.05, 0) is 18.1 Å². The number of nitrogens with one attached hydrogen (secondary N) is 1. The zero-order valence-corrected chi connectivity index (χ0v) is 15.7. The van der Waals surface area contributed by atoms with Gasteiger partial charge < -0.3 is 24.4 Å². The first-order valence-electron chi connectivity index (χ1n) is 8.99. The van der Waals surface area contributed by atoms with Gasteiger partial charge in [0.25, 0.3) is 0 Å². The summed E-state index contributed by atoms with van der Waals surface area (Å²) in [7, 11) is 1.28. The molecule has 0 radical (unpaired) electrons. The number of hydrogen-bond acceptors (Lipinski definition) is 6. The first-order valence-corrected chi connectivity index (χ1v) is 8.99. The van der Waals surface area contributed by atoms with E-state index in [1.807, 2.05) is 13.8 Å². The van der Waals surface area contributed by atoms with Crippen molar-refractivity contribution in [2.45, 2.75) is 26.3 Å². The fourth-order valence-electron chi connectivity index (χ4n) is 3.23. The van der Waals surface area contributed by atoms with Gasteiger partial charge in [-0.25, -0.2) is 4.79 Å². The molecule has 1 N–H and O–H groups in total. The van der Waals surface area contributed by atoms with E-state index in [9.17, 15) is 14.4 Å². The van der Waals surface area contributed by atoms with Crippen LogP contribution in [0.15, 0.2) is 18.2 Å². The number of carbonyl (C=O) groups is 3. The number of ether oxygens (including phenoxy) is 3. The topological polar surface area (TPSA) is 94.2 Å². The largest absolute Gasteiger partial charge is 0.486 e.